The van der Waals surface area contributed by atoms with Gasteiger partial charge in [0.25, 0.3) is 0 Å². The minimum Gasteiger partial charge on any atom is -0.269 e. The van der Waals surface area contributed by atoms with Gasteiger partial charge in [-0.05, 0) is 35.4 Å². The zero-order chi connectivity index (χ0) is 13.9. The van der Waals surface area contributed by atoms with Crippen molar-refractivity contribution >= 4 is 16.0 Å². The Morgan fingerprint density at radius 2 is 1.42 bits per heavy atom. The van der Waals surface area contributed by atoms with Crippen molar-refractivity contribution < 1.29 is 13.0 Å². The number of nitrogens with zero attached hydrogens (tertiary/aromatic N) is 1. The van der Waals surface area contributed by atoms with Crippen molar-refractivity contribution in [3.05, 3.63) is 54.1 Å². The van der Waals surface area contributed by atoms with Gasteiger partial charge in [-0.25, -0.2) is 0 Å². The van der Waals surface area contributed by atoms with E-state index in [9.17, 15) is 8.42 Å². The van der Waals surface area contributed by atoms with Crippen molar-refractivity contribution in [2.45, 2.75) is 0 Å². The summed E-state index contributed by atoms with van der Waals surface area (Å²) < 4.78 is 31.9. The molecule has 19 heavy (non-hydrogen) atoms. The van der Waals surface area contributed by atoms with Gasteiger partial charge in [-0.15, -0.1) is 0 Å². The minimum atomic E-state index is -4.25. The molecule has 2 aromatic rings. The Morgan fingerprint density at radius 1 is 0.947 bits per heavy atom. The van der Waals surface area contributed by atoms with Crippen molar-refractivity contribution in [2.75, 3.05) is 4.72 Å². The van der Waals surface area contributed by atoms with Gasteiger partial charge in [0.2, 0.25) is 0 Å². The first-order valence-electron chi connectivity index (χ1n) is 5.34. The Bertz CT molecular complexity index is 714. The fourth-order valence-electron chi connectivity index (χ4n) is 1.62. The van der Waals surface area contributed by atoms with Gasteiger partial charge in [0.1, 0.15) is 0 Å². The van der Waals surface area contributed by atoms with Crippen LogP contribution in [0.15, 0.2) is 48.5 Å². The molecule has 0 saturated carbocycles. The van der Waals surface area contributed by atoms with Crippen LogP contribution in [0.1, 0.15) is 5.56 Å². The van der Waals surface area contributed by atoms with E-state index in [1.54, 1.807) is 36.4 Å². The molecule has 0 bridgehead atoms. The molecule has 2 aromatic carbocycles. The summed E-state index contributed by atoms with van der Waals surface area (Å²) in [6, 6.07) is 15.6. The highest BCUT2D eigenvalue weighted by molar-refractivity contribution is 7.87. The summed E-state index contributed by atoms with van der Waals surface area (Å²) in [6.45, 7) is 0. The Labute approximate surface area is 111 Å². The van der Waals surface area contributed by atoms with E-state index in [4.69, 9.17) is 9.81 Å². The molecule has 5 nitrogen and oxygen atoms in total. The lowest BCUT2D eigenvalue weighted by Crippen LogP contribution is -2.09. The molecule has 0 saturated heterocycles. The predicted molar refractivity (Wildman–Crippen MR) is 71.8 cm³/mol. The molecule has 0 unspecified atom stereocenters. The molecule has 0 heterocycles. The third-order valence-electron chi connectivity index (χ3n) is 2.48. The first-order valence-corrected chi connectivity index (χ1v) is 6.78. The number of rotatable bonds is 3. The van der Waals surface area contributed by atoms with E-state index < -0.39 is 10.3 Å². The Hall–Kier alpha value is -2.36. The van der Waals surface area contributed by atoms with Crippen molar-refractivity contribution in [2.24, 2.45) is 0 Å². The molecule has 2 rings (SSSR count). The second-order valence-corrected chi connectivity index (χ2v) is 5.00. The molecule has 0 aliphatic carbocycles. The van der Waals surface area contributed by atoms with Gasteiger partial charge >= 0.3 is 10.3 Å². The van der Waals surface area contributed by atoms with E-state index >= 15 is 0 Å². The van der Waals surface area contributed by atoms with Crippen molar-refractivity contribution in [1.82, 2.24) is 0 Å². The molecule has 96 valence electrons. The summed E-state index contributed by atoms with van der Waals surface area (Å²) in [6.07, 6.45) is 0. The smallest absolute Gasteiger partial charge is 0.269 e. The van der Waals surface area contributed by atoms with Crippen LogP contribution in [0.2, 0.25) is 0 Å². The van der Waals surface area contributed by atoms with Crippen molar-refractivity contribution in [3.63, 3.8) is 0 Å². The average molecular weight is 274 g/mol. The first-order chi connectivity index (χ1) is 8.98. The van der Waals surface area contributed by atoms with Crippen LogP contribution in [0.5, 0.6) is 0 Å². The van der Waals surface area contributed by atoms with Gasteiger partial charge in [-0.1, -0.05) is 24.3 Å². The van der Waals surface area contributed by atoms with Crippen LogP contribution in [-0.4, -0.2) is 13.0 Å². The minimum absolute atomic E-state index is 0.278. The van der Waals surface area contributed by atoms with Crippen molar-refractivity contribution in [3.8, 4) is 17.2 Å². The second kappa shape index (κ2) is 5.10. The highest BCUT2D eigenvalue weighted by Gasteiger charge is 2.04. The summed E-state index contributed by atoms with van der Waals surface area (Å²) in [5, 5.41) is 8.70. The number of benzene rings is 2. The fourth-order valence-corrected chi connectivity index (χ4v) is 2.05. The van der Waals surface area contributed by atoms with E-state index in [1.807, 2.05) is 22.9 Å². The van der Waals surface area contributed by atoms with Crippen LogP contribution < -0.4 is 4.72 Å². The summed E-state index contributed by atoms with van der Waals surface area (Å²) in [5.41, 5.74) is 2.65. The third kappa shape index (κ3) is 3.55. The molecule has 6 heteroatoms. The number of hydrogen-bond donors (Lipinski definition) is 2. The Balaban J connectivity index is 2.25. The van der Waals surface area contributed by atoms with E-state index in [2.05, 4.69) is 0 Å². The van der Waals surface area contributed by atoms with E-state index in [1.165, 1.54) is 0 Å². The topological polar surface area (TPSA) is 90.2 Å². The maximum Gasteiger partial charge on any atom is 0.357 e. The van der Waals surface area contributed by atoms with Gasteiger partial charge in [0, 0.05) is 0 Å². The largest absolute Gasteiger partial charge is 0.357 e. The highest BCUT2D eigenvalue weighted by atomic mass is 32.2. The van der Waals surface area contributed by atoms with Crippen LogP contribution >= 0.6 is 0 Å². The molecule has 0 aliphatic rings. The predicted octanol–water partition coefficient (Wildman–Crippen LogP) is 2.44. The summed E-state index contributed by atoms with van der Waals surface area (Å²) in [7, 11) is -4.25. The molecule has 0 radical (unpaired) electrons. The van der Waals surface area contributed by atoms with Crippen LogP contribution in [0.4, 0.5) is 5.69 Å². The summed E-state index contributed by atoms with van der Waals surface area (Å²) in [5.74, 6) is 0. The van der Waals surface area contributed by atoms with Crippen LogP contribution in [-0.2, 0) is 10.3 Å². The lowest BCUT2D eigenvalue weighted by molar-refractivity contribution is 0.489. The fraction of sp³-hybridized carbons (Fsp3) is 0. The van der Waals surface area contributed by atoms with E-state index in [-0.39, 0.29) is 5.69 Å². The van der Waals surface area contributed by atoms with Crippen LogP contribution in [0.25, 0.3) is 11.1 Å². The second-order valence-electron chi connectivity index (χ2n) is 3.84. The molecule has 2 N–H and O–H groups in total. The van der Waals surface area contributed by atoms with Gasteiger partial charge in [0.05, 0.1) is 17.3 Å². The third-order valence-corrected chi connectivity index (χ3v) is 2.97. The van der Waals surface area contributed by atoms with Gasteiger partial charge in [0.15, 0.2) is 0 Å². The number of nitrogens with one attached hydrogen (secondary N) is 1. The normalized spacial score (nSPS) is 10.7. The van der Waals surface area contributed by atoms with Crippen LogP contribution in [0, 0.1) is 11.3 Å². The molecule has 0 fully saturated rings. The highest BCUT2D eigenvalue weighted by Crippen LogP contribution is 2.22. The maximum absolute atomic E-state index is 10.6. The molecule has 0 atom stereocenters. The number of hydrogen-bond acceptors (Lipinski definition) is 3. The van der Waals surface area contributed by atoms with Gasteiger partial charge < -0.3 is 0 Å². The summed E-state index contributed by atoms with van der Waals surface area (Å²) >= 11 is 0. The molecule has 0 spiro atoms. The SMILES string of the molecule is N#Cc1ccc(-c2ccc(NS(=O)(=O)O)cc2)cc1. The van der Waals surface area contributed by atoms with Crippen LogP contribution in [0.3, 0.4) is 0 Å². The zero-order valence-corrected chi connectivity index (χ0v) is 10.6. The average Bonchev–Trinajstić information content (AvgIpc) is 2.38. The lowest BCUT2D eigenvalue weighted by atomic mass is 10.0. The molecule has 0 aliphatic heterocycles. The molecule has 0 aromatic heterocycles. The van der Waals surface area contributed by atoms with E-state index in [0.717, 1.165) is 11.1 Å². The molecular weight excluding hydrogens is 264 g/mol. The number of nitriles is 1. The lowest BCUT2D eigenvalue weighted by Gasteiger charge is -2.05. The Kier molecular flexibility index (Phi) is 3.51. The van der Waals surface area contributed by atoms with Crippen molar-refractivity contribution in [1.29, 1.82) is 5.26 Å². The summed E-state index contributed by atoms with van der Waals surface area (Å²) in [4.78, 5) is 0. The van der Waals surface area contributed by atoms with Gasteiger partial charge in [-0.2, -0.15) is 13.7 Å². The molecule has 0 amide bonds. The Morgan fingerprint density at radius 3 is 1.84 bits per heavy atom. The monoisotopic (exact) mass is 274 g/mol. The number of anilines is 1. The first kappa shape index (κ1) is 13.1. The quantitative estimate of drug-likeness (QED) is 0.841. The zero-order valence-electron chi connectivity index (χ0n) is 9.74. The maximum atomic E-state index is 10.6. The molecular formula is C13H10N2O3S. The van der Waals surface area contributed by atoms with Gasteiger partial charge in [-0.3, -0.25) is 9.27 Å². The standard InChI is InChI=1S/C13H10N2O3S/c14-9-10-1-3-11(4-2-10)12-5-7-13(8-6-12)15-19(16,17)18/h1-8,15H,(H,16,17,18). The van der Waals surface area contributed by atoms with E-state index in [0.29, 0.717) is 5.56 Å².